The van der Waals surface area contributed by atoms with Crippen molar-refractivity contribution in [1.29, 1.82) is 0 Å². The van der Waals surface area contributed by atoms with E-state index in [2.05, 4.69) is 121 Å². The number of aliphatic imine (C=N–C) groups is 2. The zero-order valence-electron chi connectivity index (χ0n) is 28.3. The molecule has 5 heteroatoms. The molecule has 4 nitrogen and oxygen atoms in total. The fraction of sp³-hybridized carbons (Fsp3) is 0.0638. The Bertz CT molecular complexity index is 2870. The Hall–Kier alpha value is -6.30. The van der Waals surface area contributed by atoms with E-state index in [1.54, 1.807) is 0 Å². The Kier molecular flexibility index (Phi) is 7.33. The fourth-order valence-corrected chi connectivity index (χ4v) is 9.05. The molecule has 0 radical (unpaired) electrons. The molecule has 0 spiro atoms. The van der Waals surface area contributed by atoms with Crippen LogP contribution in [0.1, 0.15) is 28.7 Å². The lowest BCUT2D eigenvalue weighted by Gasteiger charge is -2.27. The molecule has 10 rings (SSSR count). The summed E-state index contributed by atoms with van der Waals surface area (Å²) >= 11 is 1.81. The first kappa shape index (κ1) is 30.5. The van der Waals surface area contributed by atoms with Crippen LogP contribution in [0.25, 0.3) is 64.9 Å². The summed E-state index contributed by atoms with van der Waals surface area (Å²) in [7, 11) is 0. The van der Waals surface area contributed by atoms with Gasteiger partial charge in [0.15, 0.2) is 5.84 Å². The van der Waals surface area contributed by atoms with Gasteiger partial charge in [-0.1, -0.05) is 127 Å². The van der Waals surface area contributed by atoms with Crippen molar-refractivity contribution in [3.63, 3.8) is 0 Å². The van der Waals surface area contributed by atoms with E-state index < -0.39 is 0 Å². The SMILES string of the molecule is N/C(=N\C(=N/Cc1ccccc1)C1=CC=C2c3ccccc3C=CC2C1)c1c(-c2cccc3sc4ccccc4c23)ccc2oc3ccccc3c12. The highest BCUT2D eigenvalue weighted by Gasteiger charge is 2.26. The summed E-state index contributed by atoms with van der Waals surface area (Å²) < 4.78 is 8.92. The van der Waals surface area contributed by atoms with Crippen molar-refractivity contribution in [1.82, 2.24) is 0 Å². The Balaban J connectivity index is 1.19. The van der Waals surface area contributed by atoms with Gasteiger partial charge in [-0.15, -0.1) is 11.3 Å². The van der Waals surface area contributed by atoms with Gasteiger partial charge in [0.2, 0.25) is 0 Å². The van der Waals surface area contributed by atoms with Crippen LogP contribution < -0.4 is 5.73 Å². The highest BCUT2D eigenvalue weighted by atomic mass is 32.1. The maximum atomic E-state index is 7.33. The fourth-order valence-electron chi connectivity index (χ4n) is 7.92. The van der Waals surface area contributed by atoms with Crippen LogP contribution in [0.15, 0.2) is 172 Å². The second-order valence-corrected chi connectivity index (χ2v) is 14.5. The molecule has 248 valence electrons. The van der Waals surface area contributed by atoms with Crippen molar-refractivity contribution in [2.75, 3.05) is 0 Å². The highest BCUT2D eigenvalue weighted by molar-refractivity contribution is 7.25. The zero-order valence-corrected chi connectivity index (χ0v) is 29.1. The third-order valence-corrected chi connectivity index (χ3v) is 11.5. The summed E-state index contributed by atoms with van der Waals surface area (Å²) in [6.07, 6.45) is 9.77. The van der Waals surface area contributed by atoms with Gasteiger partial charge in [0, 0.05) is 42.4 Å². The molecule has 2 N–H and O–H groups in total. The standard InChI is InChI=1S/C47H33N3OS/c48-46(50-47(49-28-29-11-2-1-3-12-29)32-23-24-34-31(27-32)22-21-30-13-4-5-14-33(30)34)45-36(25-26-40-44(45)37-15-6-8-18-39(37)51-40)35-17-10-20-42-43(35)38-16-7-9-19-41(38)52-42/h1-26,31H,27-28H2,(H2,48,49,50). The maximum Gasteiger partial charge on any atom is 0.153 e. The van der Waals surface area contributed by atoms with Crippen LogP contribution in [0.5, 0.6) is 0 Å². The number of para-hydroxylation sites is 1. The van der Waals surface area contributed by atoms with Crippen molar-refractivity contribution in [3.8, 4) is 11.1 Å². The number of nitrogens with zero attached hydrogens (tertiary/aromatic N) is 2. The zero-order chi connectivity index (χ0) is 34.6. The summed E-state index contributed by atoms with van der Waals surface area (Å²) in [5.74, 6) is 1.30. The van der Waals surface area contributed by atoms with Gasteiger partial charge in [0.25, 0.3) is 0 Å². The molecule has 0 amide bonds. The third kappa shape index (κ3) is 5.12. The predicted octanol–water partition coefficient (Wildman–Crippen LogP) is 12.0. The van der Waals surface area contributed by atoms with E-state index in [4.69, 9.17) is 20.1 Å². The van der Waals surface area contributed by atoms with Crippen molar-refractivity contribution < 1.29 is 4.42 Å². The molecule has 8 aromatic rings. The van der Waals surface area contributed by atoms with Crippen LogP contribution in [0.3, 0.4) is 0 Å². The minimum Gasteiger partial charge on any atom is -0.456 e. The molecular formula is C47H33N3OS. The van der Waals surface area contributed by atoms with E-state index in [1.807, 2.05) is 47.7 Å². The van der Waals surface area contributed by atoms with Crippen molar-refractivity contribution >= 4 is 76.8 Å². The van der Waals surface area contributed by atoms with E-state index >= 15 is 0 Å². The first-order valence-corrected chi connectivity index (χ1v) is 18.5. The second-order valence-electron chi connectivity index (χ2n) is 13.4. The smallest absolute Gasteiger partial charge is 0.153 e. The van der Waals surface area contributed by atoms with Gasteiger partial charge >= 0.3 is 0 Å². The summed E-state index contributed by atoms with van der Waals surface area (Å²) in [4.78, 5) is 10.5. The number of thiophene rings is 1. The first-order chi connectivity index (χ1) is 25.7. The van der Waals surface area contributed by atoms with Crippen LogP contribution in [0.4, 0.5) is 0 Å². The molecule has 0 saturated heterocycles. The number of benzene rings is 6. The van der Waals surface area contributed by atoms with E-state index in [1.165, 1.54) is 36.9 Å². The van der Waals surface area contributed by atoms with Gasteiger partial charge in [0.05, 0.1) is 6.54 Å². The molecule has 1 unspecified atom stereocenters. The van der Waals surface area contributed by atoms with Gasteiger partial charge < -0.3 is 10.2 Å². The number of rotatable bonds is 5. The maximum absolute atomic E-state index is 7.33. The van der Waals surface area contributed by atoms with Gasteiger partial charge in [-0.2, -0.15) is 0 Å². The van der Waals surface area contributed by atoms with Gasteiger partial charge in [-0.25, -0.2) is 4.99 Å². The number of hydrogen-bond donors (Lipinski definition) is 1. The van der Waals surface area contributed by atoms with E-state index in [-0.39, 0.29) is 5.92 Å². The van der Waals surface area contributed by atoms with Crippen LogP contribution in [-0.4, -0.2) is 11.7 Å². The van der Waals surface area contributed by atoms with Crippen LogP contribution in [-0.2, 0) is 6.54 Å². The second kappa shape index (κ2) is 12.5. The monoisotopic (exact) mass is 687 g/mol. The summed E-state index contributed by atoms with van der Waals surface area (Å²) in [5.41, 5.74) is 18.0. The summed E-state index contributed by atoms with van der Waals surface area (Å²) in [5, 5.41) is 4.42. The Labute approximate surface area is 305 Å². The molecule has 0 bridgehead atoms. The lowest BCUT2D eigenvalue weighted by molar-refractivity contribution is 0.669. The van der Waals surface area contributed by atoms with Crippen LogP contribution >= 0.6 is 11.3 Å². The molecule has 2 aliphatic rings. The average Bonchev–Trinajstić information content (AvgIpc) is 3.78. The van der Waals surface area contributed by atoms with Crippen LogP contribution in [0.2, 0.25) is 0 Å². The molecule has 1 atom stereocenters. The Morgan fingerprint density at radius 2 is 1.44 bits per heavy atom. The molecule has 6 aromatic carbocycles. The van der Waals surface area contributed by atoms with Gasteiger partial charge in [-0.05, 0) is 75.7 Å². The number of fused-ring (bicyclic) bond motifs is 9. The molecule has 2 aliphatic carbocycles. The predicted molar refractivity (Wildman–Crippen MR) is 220 cm³/mol. The molecule has 2 aromatic heterocycles. The molecule has 2 heterocycles. The third-order valence-electron chi connectivity index (χ3n) is 10.3. The molecular weight excluding hydrogens is 655 g/mol. The molecule has 0 aliphatic heterocycles. The normalized spacial score (nSPS) is 16.0. The number of amidine groups is 2. The summed E-state index contributed by atoms with van der Waals surface area (Å²) in [6.45, 7) is 0.496. The van der Waals surface area contributed by atoms with Crippen LogP contribution in [0, 0.1) is 5.92 Å². The number of furan rings is 1. The lowest BCUT2D eigenvalue weighted by Crippen LogP contribution is -2.20. The largest absolute Gasteiger partial charge is 0.456 e. The number of nitrogens with two attached hydrogens (primary N) is 1. The molecule has 0 fully saturated rings. The lowest BCUT2D eigenvalue weighted by atomic mass is 9.78. The first-order valence-electron chi connectivity index (χ1n) is 17.7. The van der Waals surface area contributed by atoms with Crippen molar-refractivity contribution in [2.24, 2.45) is 21.6 Å². The van der Waals surface area contributed by atoms with Crippen molar-refractivity contribution in [2.45, 2.75) is 13.0 Å². The molecule has 52 heavy (non-hydrogen) atoms. The van der Waals surface area contributed by atoms with E-state index in [0.717, 1.165) is 56.2 Å². The van der Waals surface area contributed by atoms with E-state index in [0.29, 0.717) is 18.2 Å². The minimum atomic E-state index is 0.231. The number of allylic oxidation sites excluding steroid dienone is 4. The Morgan fingerprint density at radius 1 is 0.673 bits per heavy atom. The van der Waals surface area contributed by atoms with E-state index in [9.17, 15) is 0 Å². The molecule has 0 saturated carbocycles. The summed E-state index contributed by atoms with van der Waals surface area (Å²) in [6, 6.07) is 46.5. The van der Waals surface area contributed by atoms with Crippen molar-refractivity contribution in [3.05, 3.63) is 180 Å². The van der Waals surface area contributed by atoms with Gasteiger partial charge in [-0.3, -0.25) is 4.99 Å². The highest BCUT2D eigenvalue weighted by Crippen LogP contribution is 2.44. The topological polar surface area (TPSA) is 63.9 Å². The Morgan fingerprint density at radius 3 is 2.37 bits per heavy atom. The van der Waals surface area contributed by atoms with Gasteiger partial charge in [0.1, 0.15) is 17.0 Å². The number of hydrogen-bond acceptors (Lipinski definition) is 3. The minimum absolute atomic E-state index is 0.231. The average molecular weight is 688 g/mol. The quantitative estimate of drug-likeness (QED) is 0.145.